The van der Waals surface area contributed by atoms with Gasteiger partial charge in [0.15, 0.2) is 0 Å². The molecule has 2 heteroatoms. The lowest BCUT2D eigenvalue weighted by atomic mass is 9.71. The van der Waals surface area contributed by atoms with Crippen LogP contribution in [-0.2, 0) is 0 Å². The molecule has 88 valence electrons. The fourth-order valence-electron chi connectivity index (χ4n) is 3.32. The maximum absolute atomic E-state index is 10.5. The second kappa shape index (κ2) is 4.42. The van der Waals surface area contributed by atoms with Crippen LogP contribution < -0.4 is 0 Å². The van der Waals surface area contributed by atoms with Crippen LogP contribution in [0.15, 0.2) is 0 Å². The summed E-state index contributed by atoms with van der Waals surface area (Å²) in [5.41, 5.74) is -0.300. The summed E-state index contributed by atoms with van der Waals surface area (Å²) in [5, 5.41) is 10.5. The Labute approximate surface area is 93.7 Å². The molecule has 2 atom stereocenters. The van der Waals surface area contributed by atoms with E-state index in [0.29, 0.717) is 5.92 Å². The number of rotatable bonds is 2. The van der Waals surface area contributed by atoms with E-state index < -0.39 is 0 Å². The standard InChI is InChI=1S/C13H25NO/c1-11(2)9-14-8-7-13(15)6-4-3-5-12(13)10-14/h11-12,15H,3-10H2,1-2H3. The van der Waals surface area contributed by atoms with Gasteiger partial charge in [0, 0.05) is 25.6 Å². The highest BCUT2D eigenvalue weighted by Crippen LogP contribution is 2.39. The topological polar surface area (TPSA) is 23.5 Å². The molecule has 2 fully saturated rings. The van der Waals surface area contributed by atoms with E-state index in [2.05, 4.69) is 18.7 Å². The monoisotopic (exact) mass is 211 g/mol. The second-order valence-corrected chi connectivity index (χ2v) is 5.95. The van der Waals surface area contributed by atoms with Crippen LogP contribution in [0, 0.1) is 11.8 Å². The number of hydrogen-bond acceptors (Lipinski definition) is 2. The van der Waals surface area contributed by atoms with Crippen LogP contribution in [0.5, 0.6) is 0 Å². The Bertz CT molecular complexity index is 217. The molecular weight excluding hydrogens is 186 g/mol. The van der Waals surface area contributed by atoms with Gasteiger partial charge in [0.1, 0.15) is 0 Å². The second-order valence-electron chi connectivity index (χ2n) is 5.95. The van der Waals surface area contributed by atoms with Crippen LogP contribution in [0.25, 0.3) is 0 Å². The minimum atomic E-state index is -0.300. The van der Waals surface area contributed by atoms with Crippen LogP contribution in [0.2, 0.25) is 0 Å². The number of aliphatic hydroxyl groups is 1. The Morgan fingerprint density at radius 1 is 1.33 bits per heavy atom. The highest BCUT2D eigenvalue weighted by Gasteiger charge is 2.42. The number of piperidine rings is 1. The fourth-order valence-corrected chi connectivity index (χ4v) is 3.32. The minimum absolute atomic E-state index is 0.300. The fraction of sp³-hybridized carbons (Fsp3) is 1.00. The van der Waals surface area contributed by atoms with Crippen molar-refractivity contribution in [1.82, 2.24) is 4.90 Å². The molecule has 0 aromatic rings. The Morgan fingerprint density at radius 2 is 2.13 bits per heavy atom. The molecule has 0 bridgehead atoms. The van der Waals surface area contributed by atoms with E-state index in [1.165, 1.54) is 25.8 Å². The molecule has 0 aromatic heterocycles. The zero-order chi connectivity index (χ0) is 10.9. The smallest absolute Gasteiger partial charge is 0.0700 e. The zero-order valence-electron chi connectivity index (χ0n) is 10.2. The van der Waals surface area contributed by atoms with E-state index in [4.69, 9.17) is 0 Å². The summed E-state index contributed by atoms with van der Waals surface area (Å²) in [5.74, 6) is 1.30. The van der Waals surface area contributed by atoms with Crippen molar-refractivity contribution in [1.29, 1.82) is 0 Å². The van der Waals surface area contributed by atoms with Crippen LogP contribution in [0.4, 0.5) is 0 Å². The van der Waals surface area contributed by atoms with E-state index >= 15 is 0 Å². The average molecular weight is 211 g/mol. The molecule has 2 rings (SSSR count). The Morgan fingerprint density at radius 3 is 2.87 bits per heavy atom. The van der Waals surface area contributed by atoms with E-state index in [-0.39, 0.29) is 5.60 Å². The third-order valence-electron chi connectivity index (χ3n) is 4.14. The Kier molecular flexibility index (Phi) is 3.36. The van der Waals surface area contributed by atoms with Gasteiger partial charge in [-0.05, 0) is 25.2 Å². The van der Waals surface area contributed by atoms with Gasteiger partial charge in [-0.1, -0.05) is 26.7 Å². The number of nitrogens with zero attached hydrogens (tertiary/aromatic N) is 1. The Balaban J connectivity index is 1.93. The van der Waals surface area contributed by atoms with Crippen molar-refractivity contribution >= 4 is 0 Å². The van der Waals surface area contributed by atoms with Crippen molar-refractivity contribution in [3.05, 3.63) is 0 Å². The third-order valence-corrected chi connectivity index (χ3v) is 4.14. The van der Waals surface area contributed by atoms with Crippen molar-refractivity contribution in [2.75, 3.05) is 19.6 Å². The maximum Gasteiger partial charge on any atom is 0.0700 e. The predicted molar refractivity (Wildman–Crippen MR) is 62.8 cm³/mol. The van der Waals surface area contributed by atoms with Crippen molar-refractivity contribution < 1.29 is 5.11 Å². The van der Waals surface area contributed by atoms with Gasteiger partial charge >= 0.3 is 0 Å². The summed E-state index contributed by atoms with van der Waals surface area (Å²) < 4.78 is 0. The van der Waals surface area contributed by atoms with Gasteiger partial charge in [-0.3, -0.25) is 0 Å². The lowest BCUT2D eigenvalue weighted by Crippen LogP contribution is -2.53. The first-order valence-electron chi connectivity index (χ1n) is 6.55. The van der Waals surface area contributed by atoms with E-state index in [1.807, 2.05) is 0 Å². The molecule has 1 heterocycles. The highest BCUT2D eigenvalue weighted by atomic mass is 16.3. The van der Waals surface area contributed by atoms with Crippen molar-refractivity contribution in [2.45, 2.75) is 51.6 Å². The quantitative estimate of drug-likeness (QED) is 0.757. The normalized spacial score (nSPS) is 38.0. The zero-order valence-corrected chi connectivity index (χ0v) is 10.2. The average Bonchev–Trinajstić information content (AvgIpc) is 2.17. The lowest BCUT2D eigenvalue weighted by molar-refractivity contribution is -0.0966. The molecule has 1 saturated heterocycles. The molecule has 0 radical (unpaired) electrons. The summed E-state index contributed by atoms with van der Waals surface area (Å²) in [4.78, 5) is 2.55. The van der Waals surface area contributed by atoms with Crippen molar-refractivity contribution in [2.24, 2.45) is 11.8 Å². The summed E-state index contributed by atoms with van der Waals surface area (Å²) in [6.45, 7) is 8.00. The van der Waals surface area contributed by atoms with Crippen LogP contribution in [0.3, 0.4) is 0 Å². The van der Waals surface area contributed by atoms with E-state index in [1.54, 1.807) is 0 Å². The molecular formula is C13H25NO. The summed E-state index contributed by atoms with van der Waals surface area (Å²) in [7, 11) is 0. The molecule has 15 heavy (non-hydrogen) atoms. The largest absolute Gasteiger partial charge is 0.390 e. The molecule has 0 amide bonds. The van der Waals surface area contributed by atoms with Gasteiger partial charge < -0.3 is 10.0 Å². The molecule has 1 saturated carbocycles. The SMILES string of the molecule is CC(C)CN1CCC2(O)CCCCC2C1. The van der Waals surface area contributed by atoms with Crippen LogP contribution in [0.1, 0.15) is 46.0 Å². The molecule has 0 aromatic carbocycles. The summed E-state index contributed by atoms with van der Waals surface area (Å²) in [6, 6.07) is 0. The first kappa shape index (κ1) is 11.4. The van der Waals surface area contributed by atoms with Gasteiger partial charge in [-0.2, -0.15) is 0 Å². The van der Waals surface area contributed by atoms with Gasteiger partial charge in [0.05, 0.1) is 5.60 Å². The van der Waals surface area contributed by atoms with Crippen LogP contribution in [-0.4, -0.2) is 35.2 Å². The van der Waals surface area contributed by atoms with Gasteiger partial charge in [0.25, 0.3) is 0 Å². The molecule has 2 nitrogen and oxygen atoms in total. The number of likely N-dealkylation sites (tertiary alicyclic amines) is 1. The molecule has 1 N–H and O–H groups in total. The van der Waals surface area contributed by atoms with Gasteiger partial charge in [-0.15, -0.1) is 0 Å². The molecule has 2 aliphatic rings. The number of hydrogen-bond donors (Lipinski definition) is 1. The third kappa shape index (κ3) is 2.54. The minimum Gasteiger partial charge on any atom is -0.390 e. The van der Waals surface area contributed by atoms with Crippen molar-refractivity contribution in [3.8, 4) is 0 Å². The molecule has 2 unspecified atom stereocenters. The van der Waals surface area contributed by atoms with Crippen LogP contribution >= 0.6 is 0 Å². The van der Waals surface area contributed by atoms with Gasteiger partial charge in [0.2, 0.25) is 0 Å². The molecule has 0 spiro atoms. The first-order valence-corrected chi connectivity index (χ1v) is 6.55. The highest BCUT2D eigenvalue weighted by molar-refractivity contribution is 4.95. The molecule has 1 aliphatic heterocycles. The number of fused-ring (bicyclic) bond motifs is 1. The summed E-state index contributed by atoms with van der Waals surface area (Å²) >= 11 is 0. The predicted octanol–water partition coefficient (Wildman–Crippen LogP) is 2.27. The van der Waals surface area contributed by atoms with Crippen molar-refractivity contribution in [3.63, 3.8) is 0 Å². The summed E-state index contributed by atoms with van der Waals surface area (Å²) in [6.07, 6.45) is 5.85. The van der Waals surface area contributed by atoms with E-state index in [0.717, 1.165) is 31.8 Å². The lowest BCUT2D eigenvalue weighted by Gasteiger charge is -2.47. The first-order chi connectivity index (χ1) is 7.10. The maximum atomic E-state index is 10.5. The Hall–Kier alpha value is -0.0800. The van der Waals surface area contributed by atoms with E-state index in [9.17, 15) is 5.11 Å². The molecule has 1 aliphatic carbocycles. The van der Waals surface area contributed by atoms with Gasteiger partial charge in [-0.25, -0.2) is 0 Å².